The van der Waals surface area contributed by atoms with E-state index in [-0.39, 0.29) is 10.8 Å². The number of carbonyl (C=O) groups is 1. The summed E-state index contributed by atoms with van der Waals surface area (Å²) in [7, 11) is -3.73. The summed E-state index contributed by atoms with van der Waals surface area (Å²) in [6.07, 6.45) is 1.06. The SMILES string of the molecule is CCN1C(=O)CCc2cc(NS(=O)(=O)c3cccc4ccccc34)ccc21. The van der Waals surface area contributed by atoms with E-state index in [0.717, 1.165) is 16.6 Å². The first-order valence-electron chi connectivity index (χ1n) is 8.93. The van der Waals surface area contributed by atoms with Crippen LogP contribution in [0.4, 0.5) is 11.4 Å². The van der Waals surface area contributed by atoms with Gasteiger partial charge in [-0.3, -0.25) is 9.52 Å². The molecular formula is C21H20N2O3S. The Morgan fingerprint density at radius 1 is 1.00 bits per heavy atom. The van der Waals surface area contributed by atoms with Gasteiger partial charge >= 0.3 is 0 Å². The van der Waals surface area contributed by atoms with E-state index in [2.05, 4.69) is 4.72 Å². The molecule has 0 aromatic heterocycles. The number of hydrogen-bond donors (Lipinski definition) is 1. The molecule has 0 bridgehead atoms. The summed E-state index contributed by atoms with van der Waals surface area (Å²) in [6.45, 7) is 2.54. The molecule has 3 aromatic rings. The quantitative estimate of drug-likeness (QED) is 0.745. The average Bonchev–Trinajstić information content (AvgIpc) is 2.67. The molecule has 3 aromatic carbocycles. The molecule has 4 rings (SSSR count). The Hall–Kier alpha value is -2.86. The molecule has 0 spiro atoms. The Balaban J connectivity index is 1.70. The van der Waals surface area contributed by atoms with Crippen molar-refractivity contribution >= 4 is 38.1 Å². The van der Waals surface area contributed by atoms with E-state index in [0.29, 0.717) is 30.5 Å². The number of nitrogens with one attached hydrogen (secondary N) is 1. The first-order valence-corrected chi connectivity index (χ1v) is 10.4. The maximum Gasteiger partial charge on any atom is 0.262 e. The molecule has 27 heavy (non-hydrogen) atoms. The van der Waals surface area contributed by atoms with Gasteiger partial charge in [0.1, 0.15) is 0 Å². The van der Waals surface area contributed by atoms with Crippen LogP contribution in [0.5, 0.6) is 0 Å². The molecule has 138 valence electrons. The first-order chi connectivity index (χ1) is 13.0. The molecule has 0 radical (unpaired) electrons. The summed E-state index contributed by atoms with van der Waals surface area (Å²) >= 11 is 0. The predicted octanol–water partition coefficient (Wildman–Crippen LogP) is 3.94. The molecule has 6 heteroatoms. The second kappa shape index (κ2) is 6.70. The van der Waals surface area contributed by atoms with E-state index >= 15 is 0 Å². The van der Waals surface area contributed by atoms with E-state index in [1.807, 2.05) is 49.4 Å². The number of benzene rings is 3. The molecule has 0 atom stereocenters. The average molecular weight is 380 g/mol. The van der Waals surface area contributed by atoms with E-state index < -0.39 is 10.0 Å². The Morgan fingerprint density at radius 3 is 2.59 bits per heavy atom. The number of anilines is 2. The summed E-state index contributed by atoms with van der Waals surface area (Å²) in [5, 5.41) is 1.57. The van der Waals surface area contributed by atoms with Gasteiger partial charge in [0.15, 0.2) is 0 Å². The summed E-state index contributed by atoms with van der Waals surface area (Å²) in [4.78, 5) is 14.0. The van der Waals surface area contributed by atoms with Gasteiger partial charge in [0.25, 0.3) is 10.0 Å². The standard InChI is InChI=1S/C21H20N2O3S/c1-2-23-19-12-11-17(14-16(19)10-13-21(23)24)22-27(25,26)20-9-5-7-15-6-3-4-8-18(15)20/h3-9,11-12,14,22H,2,10,13H2,1H3. The number of hydrogen-bond acceptors (Lipinski definition) is 3. The minimum atomic E-state index is -3.73. The fraction of sp³-hybridized carbons (Fsp3) is 0.190. The lowest BCUT2D eigenvalue weighted by atomic mass is 10.0. The van der Waals surface area contributed by atoms with Crippen LogP contribution in [0.1, 0.15) is 18.9 Å². The number of fused-ring (bicyclic) bond motifs is 2. The third kappa shape index (κ3) is 3.17. The van der Waals surface area contributed by atoms with Crippen molar-refractivity contribution in [3.8, 4) is 0 Å². The van der Waals surface area contributed by atoms with Crippen LogP contribution in [0.15, 0.2) is 65.6 Å². The van der Waals surface area contributed by atoms with Gasteiger partial charge in [0.2, 0.25) is 5.91 Å². The minimum Gasteiger partial charge on any atom is -0.312 e. The van der Waals surface area contributed by atoms with Gasteiger partial charge in [0, 0.05) is 29.7 Å². The lowest BCUT2D eigenvalue weighted by Crippen LogP contribution is -2.34. The lowest BCUT2D eigenvalue weighted by Gasteiger charge is -2.28. The number of sulfonamides is 1. The highest BCUT2D eigenvalue weighted by Crippen LogP contribution is 2.31. The smallest absolute Gasteiger partial charge is 0.262 e. The van der Waals surface area contributed by atoms with Gasteiger partial charge in [0.05, 0.1) is 4.90 Å². The summed E-state index contributed by atoms with van der Waals surface area (Å²) in [5.41, 5.74) is 2.35. The minimum absolute atomic E-state index is 0.106. The predicted molar refractivity (Wildman–Crippen MR) is 108 cm³/mol. The number of carbonyl (C=O) groups excluding carboxylic acids is 1. The van der Waals surface area contributed by atoms with E-state index in [4.69, 9.17) is 0 Å². The van der Waals surface area contributed by atoms with Crippen LogP contribution in [0.3, 0.4) is 0 Å². The second-order valence-corrected chi connectivity index (χ2v) is 8.22. The van der Waals surface area contributed by atoms with E-state index in [1.165, 1.54) is 0 Å². The Bertz CT molecular complexity index is 1130. The normalized spacial score (nSPS) is 14.3. The van der Waals surface area contributed by atoms with Gasteiger partial charge in [-0.2, -0.15) is 0 Å². The van der Waals surface area contributed by atoms with Crippen LogP contribution in [0, 0.1) is 0 Å². The highest BCUT2D eigenvalue weighted by Gasteiger charge is 2.24. The molecule has 0 fully saturated rings. The van der Waals surface area contributed by atoms with Gasteiger partial charge < -0.3 is 4.90 Å². The summed E-state index contributed by atoms with van der Waals surface area (Å²) in [6, 6.07) is 18.0. The highest BCUT2D eigenvalue weighted by molar-refractivity contribution is 7.93. The van der Waals surface area contributed by atoms with Crippen molar-refractivity contribution in [1.82, 2.24) is 0 Å². The molecule has 0 saturated carbocycles. The van der Waals surface area contributed by atoms with Crippen molar-refractivity contribution in [3.63, 3.8) is 0 Å². The third-order valence-corrected chi connectivity index (χ3v) is 6.33. The molecule has 1 aliphatic rings. The van der Waals surface area contributed by atoms with Crippen molar-refractivity contribution in [1.29, 1.82) is 0 Å². The maximum atomic E-state index is 13.0. The van der Waals surface area contributed by atoms with E-state index in [9.17, 15) is 13.2 Å². The molecule has 1 amide bonds. The zero-order valence-corrected chi connectivity index (χ0v) is 15.8. The van der Waals surface area contributed by atoms with Crippen molar-refractivity contribution in [3.05, 3.63) is 66.2 Å². The van der Waals surface area contributed by atoms with Crippen molar-refractivity contribution in [2.45, 2.75) is 24.7 Å². The van der Waals surface area contributed by atoms with Crippen LogP contribution < -0.4 is 9.62 Å². The van der Waals surface area contributed by atoms with Gasteiger partial charge in [-0.15, -0.1) is 0 Å². The van der Waals surface area contributed by atoms with Crippen LogP contribution in [-0.2, 0) is 21.2 Å². The Kier molecular flexibility index (Phi) is 4.36. The number of nitrogens with zero attached hydrogens (tertiary/aromatic N) is 1. The Labute approximate surface area is 158 Å². The molecule has 1 aliphatic heterocycles. The molecule has 0 aliphatic carbocycles. The lowest BCUT2D eigenvalue weighted by molar-refractivity contribution is -0.118. The van der Waals surface area contributed by atoms with E-state index in [1.54, 1.807) is 23.1 Å². The van der Waals surface area contributed by atoms with Crippen LogP contribution >= 0.6 is 0 Å². The molecule has 5 nitrogen and oxygen atoms in total. The van der Waals surface area contributed by atoms with Crippen molar-refractivity contribution in [2.24, 2.45) is 0 Å². The molecule has 0 unspecified atom stereocenters. The fourth-order valence-electron chi connectivity index (χ4n) is 3.61. The largest absolute Gasteiger partial charge is 0.312 e. The molecule has 0 saturated heterocycles. The fourth-order valence-corrected chi connectivity index (χ4v) is 4.89. The Morgan fingerprint density at radius 2 is 1.78 bits per heavy atom. The second-order valence-electron chi connectivity index (χ2n) is 6.56. The topological polar surface area (TPSA) is 66.5 Å². The molecule has 1 heterocycles. The molecular weight excluding hydrogens is 360 g/mol. The highest BCUT2D eigenvalue weighted by atomic mass is 32.2. The monoisotopic (exact) mass is 380 g/mol. The summed E-state index contributed by atoms with van der Waals surface area (Å²) in [5.74, 6) is 0.106. The van der Waals surface area contributed by atoms with Gasteiger partial charge in [-0.05, 0) is 48.6 Å². The maximum absolute atomic E-state index is 13.0. The number of rotatable bonds is 4. The zero-order valence-electron chi connectivity index (χ0n) is 15.0. The molecule has 1 N–H and O–H groups in total. The summed E-state index contributed by atoms with van der Waals surface area (Å²) < 4.78 is 28.7. The van der Waals surface area contributed by atoms with Gasteiger partial charge in [-0.25, -0.2) is 8.42 Å². The zero-order chi connectivity index (χ0) is 19.0. The van der Waals surface area contributed by atoms with Crippen LogP contribution in [0.25, 0.3) is 10.8 Å². The van der Waals surface area contributed by atoms with Crippen molar-refractivity contribution in [2.75, 3.05) is 16.2 Å². The van der Waals surface area contributed by atoms with Gasteiger partial charge in [-0.1, -0.05) is 36.4 Å². The first kappa shape index (κ1) is 17.5. The van der Waals surface area contributed by atoms with Crippen molar-refractivity contribution < 1.29 is 13.2 Å². The van der Waals surface area contributed by atoms with Crippen LogP contribution in [0.2, 0.25) is 0 Å². The van der Waals surface area contributed by atoms with Crippen LogP contribution in [-0.4, -0.2) is 20.9 Å². The number of amides is 1. The number of aryl methyl sites for hydroxylation is 1. The third-order valence-electron chi connectivity index (χ3n) is 4.89.